The maximum atomic E-state index is 12.4. The van der Waals surface area contributed by atoms with Crippen LogP contribution in [0.2, 0.25) is 0 Å². The molecule has 0 bridgehead atoms. The minimum Gasteiger partial charge on any atom is -0.350 e. The van der Waals surface area contributed by atoms with E-state index in [1.54, 1.807) is 30.3 Å². The molecule has 0 saturated carbocycles. The molecule has 0 aliphatic carbocycles. The molecule has 1 aromatic carbocycles. The third kappa shape index (κ3) is 5.97. The van der Waals surface area contributed by atoms with E-state index in [4.69, 9.17) is 0 Å². The standard InChI is InChI=1S/C19H30N2O3S/c1-6-15(4)16(5)20-19(22)14-11-17-9-12-18(13-10-17)25(23,24)21(7-2)8-3/h9-16H,6-8H2,1-5H3,(H,20,22)/b14-11+/t15-,16+/m1/s1. The molecule has 0 heterocycles. The van der Waals surface area contributed by atoms with Gasteiger partial charge in [-0.1, -0.05) is 46.2 Å². The fraction of sp³-hybridized carbons (Fsp3) is 0.526. The smallest absolute Gasteiger partial charge is 0.244 e. The number of nitrogens with zero attached hydrogens (tertiary/aromatic N) is 1. The number of carbonyl (C=O) groups is 1. The molecule has 0 aliphatic heterocycles. The lowest BCUT2D eigenvalue weighted by molar-refractivity contribution is -0.117. The van der Waals surface area contributed by atoms with Gasteiger partial charge in [-0.3, -0.25) is 4.79 Å². The molecule has 1 aromatic rings. The Bertz CT molecular complexity index is 677. The molecule has 6 heteroatoms. The lowest BCUT2D eigenvalue weighted by atomic mass is 10.0. The van der Waals surface area contributed by atoms with Crippen LogP contribution >= 0.6 is 0 Å². The van der Waals surface area contributed by atoms with Gasteiger partial charge in [-0.15, -0.1) is 0 Å². The number of carbonyl (C=O) groups excluding carboxylic acids is 1. The van der Waals surface area contributed by atoms with Gasteiger partial charge in [0.25, 0.3) is 0 Å². The highest BCUT2D eigenvalue weighted by Crippen LogP contribution is 2.16. The van der Waals surface area contributed by atoms with E-state index >= 15 is 0 Å². The first-order valence-corrected chi connectivity index (χ1v) is 10.3. The molecule has 5 nitrogen and oxygen atoms in total. The molecule has 0 aromatic heterocycles. The second-order valence-electron chi connectivity index (χ2n) is 6.17. The zero-order valence-corrected chi connectivity index (χ0v) is 16.6. The fourth-order valence-corrected chi connectivity index (χ4v) is 3.86. The second kappa shape index (κ2) is 9.73. The van der Waals surface area contributed by atoms with Gasteiger partial charge in [0.1, 0.15) is 0 Å². The number of hydrogen-bond donors (Lipinski definition) is 1. The van der Waals surface area contributed by atoms with Gasteiger partial charge in [0.05, 0.1) is 4.90 Å². The van der Waals surface area contributed by atoms with Crippen molar-refractivity contribution >= 4 is 22.0 Å². The quantitative estimate of drug-likeness (QED) is 0.682. The minimum absolute atomic E-state index is 0.115. The first kappa shape index (κ1) is 21.4. The minimum atomic E-state index is -3.45. The first-order valence-electron chi connectivity index (χ1n) is 8.84. The zero-order chi connectivity index (χ0) is 19.0. The van der Waals surface area contributed by atoms with Gasteiger partial charge in [-0.05, 0) is 36.6 Å². The van der Waals surface area contributed by atoms with Gasteiger partial charge in [0, 0.05) is 25.2 Å². The second-order valence-corrected chi connectivity index (χ2v) is 8.11. The molecule has 1 amide bonds. The highest BCUT2D eigenvalue weighted by atomic mass is 32.2. The van der Waals surface area contributed by atoms with Gasteiger partial charge in [-0.2, -0.15) is 4.31 Å². The Kier molecular flexibility index (Phi) is 8.32. The molecule has 1 rings (SSSR count). The largest absolute Gasteiger partial charge is 0.350 e. The van der Waals surface area contributed by atoms with E-state index in [2.05, 4.69) is 19.2 Å². The maximum Gasteiger partial charge on any atom is 0.244 e. The summed E-state index contributed by atoms with van der Waals surface area (Å²) in [6, 6.07) is 6.68. The van der Waals surface area contributed by atoms with Gasteiger partial charge in [-0.25, -0.2) is 8.42 Å². The summed E-state index contributed by atoms with van der Waals surface area (Å²) < 4.78 is 26.3. The Morgan fingerprint density at radius 2 is 1.68 bits per heavy atom. The summed E-state index contributed by atoms with van der Waals surface area (Å²) >= 11 is 0. The monoisotopic (exact) mass is 366 g/mol. The van der Waals surface area contributed by atoms with Crippen molar-refractivity contribution in [1.29, 1.82) is 0 Å². The molecule has 25 heavy (non-hydrogen) atoms. The number of nitrogens with one attached hydrogen (secondary N) is 1. The summed E-state index contributed by atoms with van der Waals surface area (Å²) in [7, 11) is -3.45. The van der Waals surface area contributed by atoms with Crippen LogP contribution in [-0.4, -0.2) is 37.8 Å². The Morgan fingerprint density at radius 3 is 2.16 bits per heavy atom. The van der Waals surface area contributed by atoms with Crippen LogP contribution < -0.4 is 5.32 Å². The Morgan fingerprint density at radius 1 is 1.12 bits per heavy atom. The van der Waals surface area contributed by atoms with Gasteiger partial charge in [0.2, 0.25) is 15.9 Å². The molecule has 0 fully saturated rings. The third-order valence-electron chi connectivity index (χ3n) is 4.52. The molecule has 0 unspecified atom stereocenters. The van der Waals surface area contributed by atoms with Crippen LogP contribution in [0.5, 0.6) is 0 Å². The van der Waals surface area contributed by atoms with Crippen molar-refractivity contribution in [3.63, 3.8) is 0 Å². The van der Waals surface area contributed by atoms with Crippen molar-refractivity contribution in [2.75, 3.05) is 13.1 Å². The van der Waals surface area contributed by atoms with E-state index in [0.29, 0.717) is 19.0 Å². The molecular formula is C19H30N2O3S. The van der Waals surface area contributed by atoms with Crippen molar-refractivity contribution in [1.82, 2.24) is 9.62 Å². The Balaban J connectivity index is 2.79. The lowest BCUT2D eigenvalue weighted by Gasteiger charge is -2.18. The van der Waals surface area contributed by atoms with Crippen LogP contribution in [-0.2, 0) is 14.8 Å². The normalized spacial score (nSPS) is 14.6. The summed E-state index contributed by atoms with van der Waals surface area (Å²) in [5.41, 5.74) is 0.782. The average Bonchev–Trinajstić information content (AvgIpc) is 2.60. The van der Waals surface area contributed by atoms with Crippen LogP contribution in [0.4, 0.5) is 0 Å². The number of benzene rings is 1. The van der Waals surface area contributed by atoms with Crippen LogP contribution in [0.3, 0.4) is 0 Å². The lowest BCUT2D eigenvalue weighted by Crippen LogP contribution is -2.35. The number of hydrogen-bond acceptors (Lipinski definition) is 3. The van der Waals surface area contributed by atoms with Crippen LogP contribution in [0.15, 0.2) is 35.2 Å². The molecule has 1 N–H and O–H groups in total. The van der Waals surface area contributed by atoms with E-state index < -0.39 is 10.0 Å². The molecule has 0 saturated heterocycles. The maximum absolute atomic E-state index is 12.4. The zero-order valence-electron chi connectivity index (χ0n) is 15.8. The predicted molar refractivity (Wildman–Crippen MR) is 103 cm³/mol. The van der Waals surface area contributed by atoms with Crippen molar-refractivity contribution in [3.8, 4) is 0 Å². The van der Waals surface area contributed by atoms with E-state index in [1.807, 2.05) is 20.8 Å². The Labute approximate surface area is 152 Å². The van der Waals surface area contributed by atoms with Gasteiger partial charge < -0.3 is 5.32 Å². The van der Waals surface area contributed by atoms with E-state index in [0.717, 1.165) is 12.0 Å². The summed E-state index contributed by atoms with van der Waals surface area (Å²) in [4.78, 5) is 12.2. The topological polar surface area (TPSA) is 66.5 Å². The first-order chi connectivity index (χ1) is 11.8. The van der Waals surface area contributed by atoms with Gasteiger partial charge in [0.15, 0.2) is 0 Å². The molecule has 0 aliphatic rings. The van der Waals surface area contributed by atoms with Gasteiger partial charge >= 0.3 is 0 Å². The van der Waals surface area contributed by atoms with Crippen molar-refractivity contribution in [3.05, 3.63) is 35.9 Å². The van der Waals surface area contributed by atoms with E-state index in [9.17, 15) is 13.2 Å². The van der Waals surface area contributed by atoms with E-state index in [-0.39, 0.29) is 16.8 Å². The summed E-state index contributed by atoms with van der Waals surface area (Å²) in [6.45, 7) is 10.7. The third-order valence-corrected chi connectivity index (χ3v) is 6.58. The summed E-state index contributed by atoms with van der Waals surface area (Å²) in [5.74, 6) is 0.273. The number of rotatable bonds is 9. The van der Waals surface area contributed by atoms with Crippen molar-refractivity contribution < 1.29 is 13.2 Å². The van der Waals surface area contributed by atoms with E-state index in [1.165, 1.54) is 10.4 Å². The molecular weight excluding hydrogens is 336 g/mol. The predicted octanol–water partition coefficient (Wildman–Crippen LogP) is 3.28. The molecule has 0 spiro atoms. The average molecular weight is 367 g/mol. The molecule has 140 valence electrons. The number of sulfonamides is 1. The van der Waals surface area contributed by atoms with Crippen LogP contribution in [0, 0.1) is 5.92 Å². The Hall–Kier alpha value is -1.66. The van der Waals surface area contributed by atoms with Crippen LogP contribution in [0.25, 0.3) is 6.08 Å². The summed E-state index contributed by atoms with van der Waals surface area (Å²) in [6.07, 6.45) is 4.17. The highest BCUT2D eigenvalue weighted by Gasteiger charge is 2.20. The number of amides is 1. The molecule has 0 radical (unpaired) electrons. The van der Waals surface area contributed by atoms with Crippen molar-refractivity contribution in [2.24, 2.45) is 5.92 Å². The SMILES string of the molecule is CC[C@@H](C)[C@H](C)NC(=O)/C=C/c1ccc(S(=O)(=O)N(CC)CC)cc1. The molecule has 2 atom stereocenters. The van der Waals surface area contributed by atoms with Crippen molar-refractivity contribution in [2.45, 2.75) is 52.0 Å². The fourth-order valence-electron chi connectivity index (χ4n) is 2.40. The highest BCUT2D eigenvalue weighted by molar-refractivity contribution is 7.89. The van der Waals surface area contributed by atoms with Crippen LogP contribution in [0.1, 0.15) is 46.6 Å². The summed E-state index contributed by atoms with van der Waals surface area (Å²) in [5, 5.41) is 2.94.